The van der Waals surface area contributed by atoms with Crippen LogP contribution in [0.3, 0.4) is 0 Å². The van der Waals surface area contributed by atoms with Gasteiger partial charge < -0.3 is 5.41 Å². The fourth-order valence-electron chi connectivity index (χ4n) is 0. The Kier molecular flexibility index (Phi) is 31.1. The van der Waals surface area contributed by atoms with Gasteiger partial charge in [0.15, 0.2) is 0 Å². The van der Waals surface area contributed by atoms with Crippen LogP contribution >= 0.6 is 12.6 Å². The Balaban J connectivity index is 0. The van der Waals surface area contributed by atoms with Gasteiger partial charge in [-0.25, -0.2) is 0 Å². The highest BCUT2D eigenvalue weighted by atomic mass is 32.1. The topological polar surface area (TPSA) is 23.9 Å². The third-order valence-electron chi connectivity index (χ3n) is 0.224. The molecule has 0 aliphatic heterocycles. The number of thiol groups is 1. The first kappa shape index (κ1) is 9.39. The molecule has 0 rings (SSSR count). The first-order valence-electron chi connectivity index (χ1n) is 1.88. The molecule has 0 unspecified atom stereocenters. The monoisotopic (exact) mass is 105 g/mol. The van der Waals surface area contributed by atoms with Gasteiger partial charge in [-0.3, -0.25) is 0 Å². The van der Waals surface area contributed by atoms with Crippen LogP contribution < -0.4 is 0 Å². The largest absolute Gasteiger partial charge is 0.317 e. The summed E-state index contributed by atoms with van der Waals surface area (Å²) in [5, 5.41) is 5.50. The molecule has 1 N–H and O–H groups in total. The molecule has 0 fully saturated rings. The molecule has 0 aromatic carbocycles. The highest BCUT2D eigenvalue weighted by molar-refractivity contribution is 7.80. The quantitative estimate of drug-likeness (QED) is 0.374. The Morgan fingerprint density at radius 3 is 1.83 bits per heavy atom. The van der Waals surface area contributed by atoms with Crippen LogP contribution in [0.1, 0.15) is 13.3 Å². The maximum atomic E-state index is 5.50. The first-order chi connectivity index (χ1) is 2.91. The van der Waals surface area contributed by atoms with Crippen molar-refractivity contribution in [1.82, 2.24) is 0 Å². The van der Waals surface area contributed by atoms with E-state index in [0.717, 1.165) is 5.75 Å². The molecule has 38 valence electrons. The summed E-state index contributed by atoms with van der Waals surface area (Å²) >= 11 is 3.92. The van der Waals surface area contributed by atoms with Crippen LogP contribution in [-0.2, 0) is 0 Å². The van der Waals surface area contributed by atoms with Crippen molar-refractivity contribution in [3.63, 3.8) is 0 Å². The standard InChI is InChI=1S/C3H8S.CH3N/c1-2-3-4;1-2/h4H,2-3H2,1H3;2H,1H2. The predicted octanol–water partition coefficient (Wildman–Crippen LogP) is 1.59. The maximum Gasteiger partial charge on any atom is -0.0101 e. The Bertz CT molecular complexity index is 15.0. The Morgan fingerprint density at radius 2 is 1.83 bits per heavy atom. The minimum atomic E-state index is 1.01. The van der Waals surface area contributed by atoms with E-state index in [1.165, 1.54) is 6.42 Å². The van der Waals surface area contributed by atoms with Gasteiger partial charge in [0, 0.05) is 0 Å². The maximum absolute atomic E-state index is 5.50. The Morgan fingerprint density at radius 1 is 1.67 bits per heavy atom. The molecule has 0 atom stereocenters. The lowest BCUT2D eigenvalue weighted by molar-refractivity contribution is 1.11. The van der Waals surface area contributed by atoms with E-state index in [4.69, 9.17) is 5.41 Å². The van der Waals surface area contributed by atoms with Crippen LogP contribution in [0.2, 0.25) is 0 Å². The number of rotatable bonds is 1. The van der Waals surface area contributed by atoms with E-state index in [9.17, 15) is 0 Å². The number of hydrogen-bond donors (Lipinski definition) is 2. The van der Waals surface area contributed by atoms with Crippen LogP contribution in [0.15, 0.2) is 0 Å². The van der Waals surface area contributed by atoms with Crippen molar-refractivity contribution in [2.75, 3.05) is 5.75 Å². The summed E-state index contributed by atoms with van der Waals surface area (Å²) in [6, 6.07) is 0. The van der Waals surface area contributed by atoms with Gasteiger partial charge in [0.05, 0.1) is 0 Å². The van der Waals surface area contributed by atoms with Crippen molar-refractivity contribution < 1.29 is 0 Å². The predicted molar refractivity (Wildman–Crippen MR) is 34.0 cm³/mol. The van der Waals surface area contributed by atoms with E-state index < -0.39 is 0 Å². The summed E-state index contributed by atoms with van der Waals surface area (Å²) in [6.07, 6.45) is 1.18. The van der Waals surface area contributed by atoms with Gasteiger partial charge in [-0.05, 0) is 18.9 Å². The average Bonchev–Trinajstić information content (AvgIpc) is 1.72. The third kappa shape index (κ3) is 35.2. The highest BCUT2D eigenvalue weighted by Gasteiger charge is 1.57. The molecular weight excluding hydrogens is 94.1 g/mol. The molecule has 2 heteroatoms. The molecule has 0 aliphatic rings. The van der Waals surface area contributed by atoms with E-state index >= 15 is 0 Å². The molecule has 0 aromatic rings. The Labute approximate surface area is 44.7 Å². The number of hydrogen-bond acceptors (Lipinski definition) is 2. The molecule has 0 bridgehead atoms. The van der Waals surface area contributed by atoms with E-state index in [2.05, 4.69) is 26.3 Å². The molecular formula is C4H11NS. The summed E-state index contributed by atoms with van der Waals surface area (Å²) in [4.78, 5) is 0. The van der Waals surface area contributed by atoms with Crippen molar-refractivity contribution in [3.05, 3.63) is 0 Å². The van der Waals surface area contributed by atoms with Crippen LogP contribution in [0.4, 0.5) is 0 Å². The summed E-state index contributed by atoms with van der Waals surface area (Å²) in [5.74, 6) is 1.01. The summed E-state index contributed by atoms with van der Waals surface area (Å²) in [7, 11) is 0. The van der Waals surface area contributed by atoms with Crippen LogP contribution in [0.5, 0.6) is 0 Å². The van der Waals surface area contributed by atoms with E-state index in [1.54, 1.807) is 0 Å². The smallest absolute Gasteiger partial charge is 0.0101 e. The minimum Gasteiger partial charge on any atom is -0.317 e. The summed E-state index contributed by atoms with van der Waals surface area (Å²) < 4.78 is 0. The van der Waals surface area contributed by atoms with E-state index in [-0.39, 0.29) is 0 Å². The van der Waals surface area contributed by atoms with Crippen molar-refractivity contribution >= 4 is 19.3 Å². The molecule has 0 saturated heterocycles. The first-order valence-corrected chi connectivity index (χ1v) is 2.51. The zero-order chi connectivity index (χ0) is 5.41. The fraction of sp³-hybridized carbons (Fsp3) is 0.750. The molecule has 0 aliphatic carbocycles. The van der Waals surface area contributed by atoms with Gasteiger partial charge >= 0.3 is 0 Å². The highest BCUT2D eigenvalue weighted by Crippen LogP contribution is 1.74. The van der Waals surface area contributed by atoms with Gasteiger partial charge in [0.25, 0.3) is 0 Å². The van der Waals surface area contributed by atoms with Crippen LogP contribution in [0.25, 0.3) is 0 Å². The van der Waals surface area contributed by atoms with Gasteiger partial charge in [0.2, 0.25) is 0 Å². The summed E-state index contributed by atoms with van der Waals surface area (Å²) in [6.45, 7) is 4.60. The SMILES string of the molecule is C=N.CCCS. The zero-order valence-corrected chi connectivity index (χ0v) is 4.96. The van der Waals surface area contributed by atoms with Gasteiger partial charge in [0.1, 0.15) is 0 Å². The second-order valence-corrected chi connectivity index (χ2v) is 1.17. The van der Waals surface area contributed by atoms with Gasteiger partial charge in [-0.2, -0.15) is 12.6 Å². The van der Waals surface area contributed by atoms with Crippen molar-refractivity contribution in [2.24, 2.45) is 0 Å². The molecule has 0 heterocycles. The van der Waals surface area contributed by atoms with Crippen molar-refractivity contribution in [1.29, 1.82) is 5.41 Å². The lowest BCUT2D eigenvalue weighted by Gasteiger charge is -1.67. The van der Waals surface area contributed by atoms with Gasteiger partial charge in [-0.15, -0.1) is 0 Å². The molecule has 0 radical (unpaired) electrons. The lowest BCUT2D eigenvalue weighted by atomic mass is 10.6. The minimum absolute atomic E-state index is 1.01. The number of nitrogens with one attached hydrogen (secondary N) is 1. The lowest BCUT2D eigenvalue weighted by Crippen LogP contribution is -1.56. The fourth-order valence-corrected chi connectivity index (χ4v) is 0. The van der Waals surface area contributed by atoms with E-state index in [1.807, 2.05) is 0 Å². The molecule has 0 amide bonds. The molecule has 0 spiro atoms. The van der Waals surface area contributed by atoms with Crippen LogP contribution in [0, 0.1) is 5.41 Å². The average molecular weight is 105 g/mol. The van der Waals surface area contributed by atoms with Gasteiger partial charge in [-0.1, -0.05) is 6.92 Å². The van der Waals surface area contributed by atoms with E-state index in [0.29, 0.717) is 0 Å². The van der Waals surface area contributed by atoms with Crippen molar-refractivity contribution in [3.8, 4) is 0 Å². The third-order valence-corrected chi connectivity index (χ3v) is 0.671. The van der Waals surface area contributed by atoms with Crippen LogP contribution in [-0.4, -0.2) is 12.5 Å². The second-order valence-electron chi connectivity index (χ2n) is 0.724. The zero-order valence-electron chi connectivity index (χ0n) is 4.07. The van der Waals surface area contributed by atoms with Crippen molar-refractivity contribution in [2.45, 2.75) is 13.3 Å². The second kappa shape index (κ2) is 19.9. The normalized spacial score (nSPS) is 5.67. The Hall–Kier alpha value is 0.0200. The molecule has 0 aromatic heterocycles. The molecule has 1 nitrogen and oxygen atoms in total. The molecule has 6 heavy (non-hydrogen) atoms. The summed E-state index contributed by atoms with van der Waals surface area (Å²) in [5.41, 5.74) is 0. The molecule has 0 saturated carbocycles.